The molecule has 32 heavy (non-hydrogen) atoms. The van der Waals surface area contributed by atoms with Gasteiger partial charge in [-0.15, -0.1) is 0 Å². The highest BCUT2D eigenvalue weighted by atomic mass is 19.1. The van der Waals surface area contributed by atoms with Crippen molar-refractivity contribution >= 4 is 22.6 Å². The summed E-state index contributed by atoms with van der Waals surface area (Å²) >= 11 is 0. The number of amides is 2. The predicted molar refractivity (Wildman–Crippen MR) is 125 cm³/mol. The summed E-state index contributed by atoms with van der Waals surface area (Å²) < 4.78 is 15.3. The summed E-state index contributed by atoms with van der Waals surface area (Å²) in [4.78, 5) is 12.7. The Morgan fingerprint density at radius 2 is 1.66 bits per heavy atom. The summed E-state index contributed by atoms with van der Waals surface area (Å²) in [6.07, 6.45) is 10.2. The highest BCUT2D eigenvalue weighted by Crippen LogP contribution is 2.59. The van der Waals surface area contributed by atoms with Crippen LogP contribution in [0.4, 0.5) is 14.9 Å². The largest absolute Gasteiger partial charge is 0.343 e. The number of rotatable bonds is 5. The van der Waals surface area contributed by atoms with Crippen molar-refractivity contribution in [1.29, 1.82) is 0 Å². The second-order valence-corrected chi connectivity index (χ2v) is 10.6. The van der Waals surface area contributed by atoms with Crippen molar-refractivity contribution in [1.82, 2.24) is 9.88 Å². The molecule has 1 heterocycles. The van der Waals surface area contributed by atoms with Crippen LogP contribution in [0.5, 0.6) is 0 Å². The molecule has 2 aromatic carbocycles. The number of carbonyl (C=O) groups excluding carboxylic acids is 1. The minimum atomic E-state index is -0.219. The van der Waals surface area contributed by atoms with Crippen LogP contribution in [0.2, 0.25) is 0 Å². The number of benzene rings is 2. The van der Waals surface area contributed by atoms with Crippen molar-refractivity contribution in [2.75, 3.05) is 11.9 Å². The second-order valence-electron chi connectivity index (χ2n) is 10.6. The molecular weight excluding hydrogens is 401 g/mol. The quantitative estimate of drug-likeness (QED) is 0.499. The maximum absolute atomic E-state index is 13.2. The Morgan fingerprint density at radius 1 is 0.969 bits per heavy atom. The van der Waals surface area contributed by atoms with Crippen LogP contribution in [0.15, 0.2) is 54.7 Å². The van der Waals surface area contributed by atoms with Crippen molar-refractivity contribution in [3.63, 3.8) is 0 Å². The van der Waals surface area contributed by atoms with E-state index >= 15 is 0 Å². The topological polar surface area (TPSA) is 46.1 Å². The van der Waals surface area contributed by atoms with Gasteiger partial charge in [0.15, 0.2) is 0 Å². The first-order valence-electron chi connectivity index (χ1n) is 11.9. The Balaban J connectivity index is 1.09. The van der Waals surface area contributed by atoms with Crippen molar-refractivity contribution in [2.45, 2.75) is 45.1 Å². The van der Waals surface area contributed by atoms with E-state index < -0.39 is 0 Å². The van der Waals surface area contributed by atoms with Crippen molar-refractivity contribution < 1.29 is 9.18 Å². The molecule has 0 aliphatic heterocycles. The summed E-state index contributed by atoms with van der Waals surface area (Å²) in [5, 5.41) is 7.30. The van der Waals surface area contributed by atoms with Gasteiger partial charge in [0, 0.05) is 35.9 Å². The van der Waals surface area contributed by atoms with E-state index in [9.17, 15) is 9.18 Å². The number of hydrogen-bond donors (Lipinski definition) is 2. The molecule has 0 saturated heterocycles. The van der Waals surface area contributed by atoms with Crippen LogP contribution in [0, 0.1) is 29.0 Å². The number of fused-ring (bicyclic) bond motifs is 1. The lowest BCUT2D eigenvalue weighted by Crippen LogP contribution is -2.51. The van der Waals surface area contributed by atoms with Gasteiger partial charge >= 0.3 is 6.03 Å². The molecule has 2 amide bonds. The lowest BCUT2D eigenvalue weighted by Gasteiger charge is -2.56. The van der Waals surface area contributed by atoms with Gasteiger partial charge in [-0.1, -0.05) is 12.1 Å². The first kappa shape index (κ1) is 19.8. The van der Waals surface area contributed by atoms with Crippen LogP contribution in [0.1, 0.15) is 44.1 Å². The molecule has 7 rings (SSSR count). The Bertz CT molecular complexity index is 1110. The van der Waals surface area contributed by atoms with Crippen LogP contribution < -0.4 is 10.6 Å². The van der Waals surface area contributed by atoms with Crippen LogP contribution in [-0.4, -0.2) is 17.1 Å². The Labute approximate surface area is 188 Å². The van der Waals surface area contributed by atoms with Gasteiger partial charge in [0.05, 0.1) is 0 Å². The van der Waals surface area contributed by atoms with E-state index in [4.69, 9.17) is 0 Å². The van der Waals surface area contributed by atoms with E-state index in [1.807, 2.05) is 36.5 Å². The first-order valence-corrected chi connectivity index (χ1v) is 11.9. The standard InChI is InChI=1S/C27H30FN3O/c28-23-3-1-18(2-4-23)16-31-8-7-22-12-24(5-6-25(22)31)30-26(32)29-17-27-13-19-9-20(14-27)11-21(10-19)15-27/h1-8,12,19-21H,9-11,13-17H2,(H2,29,30,32). The van der Waals surface area contributed by atoms with Gasteiger partial charge in [0.25, 0.3) is 0 Å². The van der Waals surface area contributed by atoms with Crippen LogP contribution >= 0.6 is 0 Å². The number of aromatic nitrogens is 1. The number of hydrogen-bond acceptors (Lipinski definition) is 1. The van der Waals surface area contributed by atoms with E-state index in [1.54, 1.807) is 0 Å². The fourth-order valence-electron chi connectivity index (χ4n) is 7.15. The van der Waals surface area contributed by atoms with Gasteiger partial charge in [-0.2, -0.15) is 0 Å². The summed E-state index contributed by atoms with van der Waals surface area (Å²) in [6, 6.07) is 14.6. The SMILES string of the molecule is O=C(NCC12CC3CC(CC(C3)C1)C2)Nc1ccc2c(ccn2Cc2ccc(F)cc2)c1. The maximum atomic E-state index is 13.2. The summed E-state index contributed by atoms with van der Waals surface area (Å²) in [6.45, 7) is 1.49. The van der Waals surface area contributed by atoms with Crippen molar-refractivity contribution in [3.8, 4) is 0 Å². The van der Waals surface area contributed by atoms with E-state index in [-0.39, 0.29) is 11.8 Å². The maximum Gasteiger partial charge on any atom is 0.319 e. The third kappa shape index (κ3) is 3.78. The van der Waals surface area contributed by atoms with Gasteiger partial charge in [-0.3, -0.25) is 0 Å². The summed E-state index contributed by atoms with van der Waals surface area (Å²) in [5.41, 5.74) is 3.29. The Kier molecular flexibility index (Phi) is 4.74. The number of nitrogens with zero attached hydrogens (tertiary/aromatic N) is 1. The molecule has 0 unspecified atom stereocenters. The molecule has 4 bridgehead atoms. The zero-order chi connectivity index (χ0) is 21.7. The smallest absolute Gasteiger partial charge is 0.319 e. The fourth-order valence-corrected chi connectivity index (χ4v) is 7.15. The average molecular weight is 432 g/mol. The van der Waals surface area contributed by atoms with Gasteiger partial charge in [-0.25, -0.2) is 9.18 Å². The van der Waals surface area contributed by atoms with Crippen LogP contribution in [0.3, 0.4) is 0 Å². The van der Waals surface area contributed by atoms with E-state index in [0.29, 0.717) is 12.0 Å². The molecule has 166 valence electrons. The highest BCUT2D eigenvalue weighted by molar-refractivity contribution is 5.93. The van der Waals surface area contributed by atoms with Crippen molar-refractivity contribution in [3.05, 3.63) is 66.1 Å². The molecule has 2 N–H and O–H groups in total. The molecule has 4 aliphatic carbocycles. The molecule has 1 aromatic heterocycles. The van der Waals surface area contributed by atoms with Crippen molar-refractivity contribution in [2.24, 2.45) is 23.2 Å². The predicted octanol–water partition coefficient (Wildman–Crippen LogP) is 6.17. The van der Waals surface area contributed by atoms with Gasteiger partial charge in [0.2, 0.25) is 0 Å². The van der Waals surface area contributed by atoms with E-state index in [1.165, 1.54) is 50.7 Å². The van der Waals surface area contributed by atoms with Crippen LogP contribution in [-0.2, 0) is 6.54 Å². The summed E-state index contributed by atoms with van der Waals surface area (Å²) in [7, 11) is 0. The minimum absolute atomic E-state index is 0.106. The van der Waals surface area contributed by atoms with Gasteiger partial charge in [-0.05, 0) is 104 Å². The molecule has 0 spiro atoms. The molecule has 3 aromatic rings. The first-order chi connectivity index (χ1) is 15.5. The molecular formula is C27H30FN3O. The lowest BCUT2D eigenvalue weighted by molar-refractivity contribution is -0.0496. The fraction of sp³-hybridized carbons (Fsp3) is 0.444. The molecule has 5 heteroatoms. The normalized spacial score (nSPS) is 28.2. The average Bonchev–Trinajstić information content (AvgIpc) is 3.15. The minimum Gasteiger partial charge on any atom is -0.343 e. The lowest BCUT2D eigenvalue weighted by atomic mass is 9.49. The number of halogens is 1. The molecule has 0 radical (unpaired) electrons. The number of carbonyl (C=O) groups is 1. The molecule has 0 atom stereocenters. The molecule has 4 saturated carbocycles. The molecule has 4 aliphatic rings. The monoisotopic (exact) mass is 431 g/mol. The Hall–Kier alpha value is -2.82. The zero-order valence-corrected chi connectivity index (χ0v) is 18.3. The molecule has 4 nitrogen and oxygen atoms in total. The second kappa shape index (κ2) is 7.65. The third-order valence-corrected chi connectivity index (χ3v) is 8.08. The molecule has 4 fully saturated rings. The van der Waals surface area contributed by atoms with E-state index in [2.05, 4.69) is 21.3 Å². The number of urea groups is 1. The third-order valence-electron chi connectivity index (χ3n) is 8.08. The van der Waals surface area contributed by atoms with Gasteiger partial charge < -0.3 is 15.2 Å². The number of anilines is 1. The van der Waals surface area contributed by atoms with Gasteiger partial charge in [0.1, 0.15) is 5.82 Å². The van der Waals surface area contributed by atoms with Crippen LogP contribution in [0.25, 0.3) is 10.9 Å². The zero-order valence-electron chi connectivity index (χ0n) is 18.3. The summed E-state index contributed by atoms with van der Waals surface area (Å²) in [5.74, 6) is 2.47. The Morgan fingerprint density at radius 3 is 2.34 bits per heavy atom. The highest BCUT2D eigenvalue weighted by Gasteiger charge is 2.50. The number of nitrogens with one attached hydrogen (secondary N) is 2. The van der Waals surface area contributed by atoms with E-state index in [0.717, 1.165) is 46.5 Å².